The van der Waals surface area contributed by atoms with Gasteiger partial charge in [0.2, 0.25) is 0 Å². The predicted octanol–water partition coefficient (Wildman–Crippen LogP) is 5.87. The molecule has 4 aromatic rings. The average Bonchev–Trinajstić information content (AvgIpc) is 3.28. The summed E-state index contributed by atoms with van der Waals surface area (Å²) >= 11 is 1.72. The fraction of sp³-hybridized carbons (Fsp3) is 0.240. The van der Waals surface area contributed by atoms with Crippen molar-refractivity contribution < 1.29 is 9.15 Å². The van der Waals surface area contributed by atoms with Crippen molar-refractivity contribution in [1.29, 1.82) is 0 Å². The third kappa shape index (κ3) is 4.32. The molecular weight excluding hydrogens is 394 g/mol. The van der Waals surface area contributed by atoms with Crippen LogP contribution in [0.1, 0.15) is 47.4 Å². The first-order valence-electron chi connectivity index (χ1n) is 10.0. The van der Waals surface area contributed by atoms with Gasteiger partial charge >= 0.3 is 5.63 Å². The summed E-state index contributed by atoms with van der Waals surface area (Å²) in [6.45, 7) is 4.94. The molecular formula is C25H25NO3S. The molecule has 4 rings (SSSR count). The first-order valence-corrected chi connectivity index (χ1v) is 10.9. The highest BCUT2D eigenvalue weighted by atomic mass is 32.1. The van der Waals surface area contributed by atoms with E-state index in [1.807, 2.05) is 12.1 Å². The minimum atomic E-state index is -0.360. The number of ether oxygens (including phenoxy) is 1. The van der Waals surface area contributed by atoms with Crippen LogP contribution in [0, 0.1) is 0 Å². The summed E-state index contributed by atoms with van der Waals surface area (Å²) in [5.41, 5.74) is 3.61. The molecule has 0 amide bonds. The van der Waals surface area contributed by atoms with Crippen molar-refractivity contribution in [2.45, 2.75) is 32.4 Å². The van der Waals surface area contributed by atoms with Crippen LogP contribution in [0.25, 0.3) is 11.0 Å². The standard InChI is InChI=1S/C25H25NO3S/c1-16(2)17-6-8-18(9-7-17)25(23-5-4-12-30-23)26-15-19-13-24(27)29-22-14-20(28-3)10-11-21(19)22/h4-14,16,25-26H,15H2,1-3H3/t25-/m1/s1. The minimum absolute atomic E-state index is 0.0479. The molecule has 0 aliphatic rings. The molecule has 0 saturated heterocycles. The van der Waals surface area contributed by atoms with Gasteiger partial charge in [-0.2, -0.15) is 0 Å². The normalized spacial score (nSPS) is 12.4. The summed E-state index contributed by atoms with van der Waals surface area (Å²) in [5, 5.41) is 6.64. The van der Waals surface area contributed by atoms with Crippen LogP contribution >= 0.6 is 11.3 Å². The molecule has 154 valence electrons. The number of hydrogen-bond donors (Lipinski definition) is 1. The van der Waals surface area contributed by atoms with Crippen molar-refractivity contribution in [3.05, 3.63) is 98.0 Å². The molecule has 0 bridgehead atoms. The summed E-state index contributed by atoms with van der Waals surface area (Å²) in [6, 6.07) is 20.2. The highest BCUT2D eigenvalue weighted by molar-refractivity contribution is 7.10. The fourth-order valence-electron chi connectivity index (χ4n) is 3.61. The summed E-state index contributed by atoms with van der Waals surface area (Å²) in [7, 11) is 1.60. The van der Waals surface area contributed by atoms with E-state index in [1.165, 1.54) is 16.0 Å². The Kier molecular flexibility index (Phi) is 6.02. The quantitative estimate of drug-likeness (QED) is 0.381. The molecule has 30 heavy (non-hydrogen) atoms. The maximum Gasteiger partial charge on any atom is 0.336 e. The van der Waals surface area contributed by atoms with Crippen molar-refractivity contribution in [3.8, 4) is 5.75 Å². The van der Waals surface area contributed by atoms with Crippen LogP contribution in [0.2, 0.25) is 0 Å². The first kappa shape index (κ1) is 20.4. The maximum absolute atomic E-state index is 12.1. The Morgan fingerprint density at radius 1 is 1.03 bits per heavy atom. The molecule has 1 N–H and O–H groups in total. The molecule has 0 unspecified atom stereocenters. The zero-order chi connectivity index (χ0) is 21.1. The Morgan fingerprint density at radius 2 is 1.80 bits per heavy atom. The molecule has 0 spiro atoms. The molecule has 0 saturated carbocycles. The van der Waals surface area contributed by atoms with E-state index in [0.717, 1.165) is 10.9 Å². The summed E-state index contributed by atoms with van der Waals surface area (Å²) in [6.07, 6.45) is 0. The van der Waals surface area contributed by atoms with Crippen LogP contribution in [0.4, 0.5) is 0 Å². The average molecular weight is 420 g/mol. The molecule has 5 heteroatoms. The molecule has 0 fully saturated rings. The number of rotatable bonds is 7. The van der Waals surface area contributed by atoms with Crippen LogP contribution in [0.3, 0.4) is 0 Å². The van der Waals surface area contributed by atoms with Crippen molar-refractivity contribution in [1.82, 2.24) is 5.32 Å². The molecule has 0 aliphatic carbocycles. The topological polar surface area (TPSA) is 51.5 Å². The van der Waals surface area contributed by atoms with Gasteiger partial charge in [-0.1, -0.05) is 44.2 Å². The van der Waals surface area contributed by atoms with Gasteiger partial charge in [-0.25, -0.2) is 4.79 Å². The second kappa shape index (κ2) is 8.86. The number of fused-ring (bicyclic) bond motifs is 1. The van der Waals surface area contributed by atoms with Crippen molar-refractivity contribution in [2.75, 3.05) is 7.11 Å². The Balaban J connectivity index is 1.66. The lowest BCUT2D eigenvalue weighted by atomic mass is 9.98. The second-order valence-electron chi connectivity index (χ2n) is 7.60. The third-order valence-electron chi connectivity index (χ3n) is 5.30. The summed E-state index contributed by atoms with van der Waals surface area (Å²) < 4.78 is 10.6. The number of thiophene rings is 1. The Labute approximate surface area is 180 Å². The van der Waals surface area contributed by atoms with Crippen LogP contribution in [-0.2, 0) is 6.54 Å². The summed E-state index contributed by atoms with van der Waals surface area (Å²) in [4.78, 5) is 13.4. The second-order valence-corrected chi connectivity index (χ2v) is 8.58. The fourth-order valence-corrected chi connectivity index (χ4v) is 4.43. The van der Waals surface area contributed by atoms with E-state index in [-0.39, 0.29) is 11.7 Å². The third-order valence-corrected chi connectivity index (χ3v) is 6.24. The molecule has 4 nitrogen and oxygen atoms in total. The van der Waals surface area contributed by atoms with E-state index in [9.17, 15) is 4.79 Å². The van der Waals surface area contributed by atoms with Gasteiger partial charge in [-0.3, -0.25) is 0 Å². The molecule has 0 radical (unpaired) electrons. The van der Waals surface area contributed by atoms with Gasteiger partial charge < -0.3 is 14.5 Å². The van der Waals surface area contributed by atoms with Crippen LogP contribution in [-0.4, -0.2) is 7.11 Å². The van der Waals surface area contributed by atoms with E-state index in [1.54, 1.807) is 30.6 Å². The number of methoxy groups -OCH3 is 1. The number of hydrogen-bond acceptors (Lipinski definition) is 5. The highest BCUT2D eigenvalue weighted by Crippen LogP contribution is 2.29. The molecule has 0 aliphatic heterocycles. The molecule has 2 aromatic carbocycles. The van der Waals surface area contributed by atoms with Crippen molar-refractivity contribution >= 4 is 22.3 Å². The van der Waals surface area contributed by atoms with Crippen LogP contribution < -0.4 is 15.7 Å². The zero-order valence-electron chi connectivity index (χ0n) is 17.3. The number of benzene rings is 2. The molecule has 1 atom stereocenters. The maximum atomic E-state index is 12.1. The summed E-state index contributed by atoms with van der Waals surface area (Å²) in [5.74, 6) is 1.16. The van der Waals surface area contributed by atoms with Gasteiger partial charge in [-0.05, 0) is 46.2 Å². The van der Waals surface area contributed by atoms with Gasteiger partial charge in [0.1, 0.15) is 11.3 Å². The van der Waals surface area contributed by atoms with Gasteiger partial charge in [0.15, 0.2) is 0 Å². The lowest BCUT2D eigenvalue weighted by molar-refractivity contribution is 0.414. The monoisotopic (exact) mass is 419 g/mol. The van der Waals surface area contributed by atoms with Gasteiger partial charge in [0.05, 0.1) is 13.2 Å². The van der Waals surface area contributed by atoms with Gasteiger partial charge in [0, 0.05) is 28.9 Å². The van der Waals surface area contributed by atoms with Crippen LogP contribution in [0.15, 0.2) is 75.3 Å². The Morgan fingerprint density at radius 3 is 2.47 bits per heavy atom. The Bertz CT molecular complexity index is 1180. The molecule has 2 heterocycles. The highest BCUT2D eigenvalue weighted by Gasteiger charge is 2.16. The largest absolute Gasteiger partial charge is 0.497 e. The van der Waals surface area contributed by atoms with E-state index >= 15 is 0 Å². The van der Waals surface area contributed by atoms with E-state index in [2.05, 4.69) is 60.9 Å². The Hall–Kier alpha value is -2.89. The molecule has 2 aromatic heterocycles. The van der Waals surface area contributed by atoms with Gasteiger partial charge in [-0.15, -0.1) is 11.3 Å². The van der Waals surface area contributed by atoms with Crippen molar-refractivity contribution in [2.24, 2.45) is 0 Å². The predicted molar refractivity (Wildman–Crippen MR) is 123 cm³/mol. The number of nitrogens with one attached hydrogen (secondary N) is 1. The van der Waals surface area contributed by atoms with Crippen LogP contribution in [0.5, 0.6) is 5.75 Å². The zero-order valence-corrected chi connectivity index (χ0v) is 18.2. The lowest BCUT2D eigenvalue weighted by Crippen LogP contribution is -2.22. The first-order chi connectivity index (χ1) is 14.5. The minimum Gasteiger partial charge on any atom is -0.497 e. The lowest BCUT2D eigenvalue weighted by Gasteiger charge is -2.19. The van der Waals surface area contributed by atoms with Gasteiger partial charge in [0.25, 0.3) is 0 Å². The van der Waals surface area contributed by atoms with E-state index in [0.29, 0.717) is 23.8 Å². The smallest absolute Gasteiger partial charge is 0.336 e. The van der Waals surface area contributed by atoms with E-state index < -0.39 is 0 Å². The van der Waals surface area contributed by atoms with E-state index in [4.69, 9.17) is 9.15 Å². The van der Waals surface area contributed by atoms with Crippen molar-refractivity contribution in [3.63, 3.8) is 0 Å². The SMILES string of the molecule is COc1ccc2c(CN[C@H](c3ccc(C(C)C)cc3)c3cccs3)cc(=O)oc2c1.